The van der Waals surface area contributed by atoms with Crippen molar-refractivity contribution in [1.82, 2.24) is 10.2 Å². The van der Waals surface area contributed by atoms with Gasteiger partial charge in [0.1, 0.15) is 0 Å². The van der Waals surface area contributed by atoms with Gasteiger partial charge in [0, 0.05) is 16.1 Å². The topological polar surface area (TPSA) is 15.3 Å². The lowest BCUT2D eigenvalue weighted by molar-refractivity contribution is 0.0616. The molecular weight excluding hydrogens is 324 g/mol. The Morgan fingerprint density at radius 3 is 2.33 bits per heavy atom. The fourth-order valence-corrected chi connectivity index (χ4v) is 3.63. The minimum absolute atomic E-state index is 0.198. The van der Waals surface area contributed by atoms with Gasteiger partial charge in [-0.1, -0.05) is 41.4 Å². The summed E-state index contributed by atoms with van der Waals surface area (Å²) in [5.74, 6) is 0. The second-order valence-corrected chi connectivity index (χ2v) is 7.56. The van der Waals surface area contributed by atoms with Crippen LogP contribution in [0.5, 0.6) is 0 Å². The molecule has 0 aliphatic carbocycles. The second kappa shape index (κ2) is 7.75. The third-order valence-electron chi connectivity index (χ3n) is 4.83. The summed E-state index contributed by atoms with van der Waals surface area (Å²) in [4.78, 5) is 2.68. The Labute approximate surface area is 138 Å². The van der Waals surface area contributed by atoms with E-state index in [0.29, 0.717) is 6.04 Å². The smallest absolute Gasteiger partial charge is 0.0309 e. The first-order valence-electron chi connectivity index (χ1n) is 8.27. The van der Waals surface area contributed by atoms with E-state index in [4.69, 9.17) is 0 Å². The molecule has 0 saturated carbocycles. The molecule has 0 bridgehead atoms. The summed E-state index contributed by atoms with van der Waals surface area (Å²) in [6, 6.07) is 9.25. The van der Waals surface area contributed by atoms with E-state index in [1.807, 2.05) is 0 Å². The van der Waals surface area contributed by atoms with E-state index in [2.05, 4.69) is 71.2 Å². The maximum atomic E-state index is 3.73. The van der Waals surface area contributed by atoms with Gasteiger partial charge in [0.15, 0.2) is 0 Å². The lowest BCUT2D eigenvalue weighted by atomic mass is 9.86. The molecule has 118 valence electrons. The summed E-state index contributed by atoms with van der Waals surface area (Å²) in [7, 11) is 0. The van der Waals surface area contributed by atoms with Crippen LogP contribution >= 0.6 is 15.9 Å². The summed E-state index contributed by atoms with van der Waals surface area (Å²) in [5, 5.41) is 3.73. The molecule has 1 atom stereocenters. The summed E-state index contributed by atoms with van der Waals surface area (Å²) < 4.78 is 1.15. The number of likely N-dealkylation sites (N-methyl/N-ethyl adjacent to an activating group) is 1. The zero-order valence-corrected chi connectivity index (χ0v) is 15.2. The molecule has 1 aliphatic rings. The number of piperidine rings is 1. The number of likely N-dealkylation sites (tertiary alicyclic amines) is 1. The van der Waals surface area contributed by atoms with E-state index in [0.717, 1.165) is 17.4 Å². The molecule has 1 heterocycles. The monoisotopic (exact) mass is 352 g/mol. The Bertz CT molecular complexity index is 421. The van der Waals surface area contributed by atoms with Crippen LogP contribution in [-0.4, -0.2) is 36.1 Å². The van der Waals surface area contributed by atoms with Crippen molar-refractivity contribution < 1.29 is 0 Å². The van der Waals surface area contributed by atoms with Gasteiger partial charge in [-0.05, 0) is 70.4 Å². The fraction of sp³-hybridized carbons (Fsp3) is 0.667. The maximum Gasteiger partial charge on any atom is 0.0309 e. The molecule has 21 heavy (non-hydrogen) atoms. The van der Waals surface area contributed by atoms with E-state index in [-0.39, 0.29) is 5.54 Å². The number of halogens is 1. The standard InChI is InChI=1S/C18H29BrN2/c1-4-20-17(14-15-8-10-16(19)11-9-15)18(2,3)21-12-6-5-7-13-21/h8-11,17,20H,4-7,12-14H2,1-3H3. The molecule has 1 saturated heterocycles. The van der Waals surface area contributed by atoms with Crippen molar-refractivity contribution in [2.75, 3.05) is 19.6 Å². The predicted molar refractivity (Wildman–Crippen MR) is 94.8 cm³/mol. The highest BCUT2D eigenvalue weighted by Gasteiger charge is 2.35. The molecule has 1 fully saturated rings. The molecule has 3 heteroatoms. The van der Waals surface area contributed by atoms with Gasteiger partial charge < -0.3 is 5.32 Å². The van der Waals surface area contributed by atoms with E-state index < -0.39 is 0 Å². The van der Waals surface area contributed by atoms with Gasteiger partial charge in [-0.15, -0.1) is 0 Å². The molecule has 2 rings (SSSR count). The first-order valence-corrected chi connectivity index (χ1v) is 9.06. The normalized spacial score (nSPS) is 18.7. The minimum atomic E-state index is 0.198. The third-order valence-corrected chi connectivity index (χ3v) is 5.36. The lowest BCUT2D eigenvalue weighted by Crippen LogP contribution is -2.59. The van der Waals surface area contributed by atoms with Gasteiger partial charge in [-0.3, -0.25) is 4.90 Å². The van der Waals surface area contributed by atoms with E-state index in [1.165, 1.54) is 37.9 Å². The Hall–Kier alpha value is -0.380. The average molecular weight is 353 g/mol. The summed E-state index contributed by atoms with van der Waals surface area (Å²) in [6.45, 7) is 10.5. The van der Waals surface area contributed by atoms with Crippen LogP contribution in [0.3, 0.4) is 0 Å². The molecular formula is C18H29BrN2. The quantitative estimate of drug-likeness (QED) is 0.823. The highest BCUT2D eigenvalue weighted by molar-refractivity contribution is 9.10. The highest BCUT2D eigenvalue weighted by Crippen LogP contribution is 2.26. The minimum Gasteiger partial charge on any atom is -0.312 e. The van der Waals surface area contributed by atoms with Crippen molar-refractivity contribution in [2.24, 2.45) is 0 Å². The zero-order chi connectivity index (χ0) is 15.3. The van der Waals surface area contributed by atoms with Crippen LogP contribution in [0.1, 0.15) is 45.6 Å². The molecule has 1 unspecified atom stereocenters. The average Bonchev–Trinajstić information content (AvgIpc) is 2.50. The number of benzene rings is 1. The van der Waals surface area contributed by atoms with Gasteiger partial charge >= 0.3 is 0 Å². The van der Waals surface area contributed by atoms with Gasteiger partial charge in [-0.25, -0.2) is 0 Å². The van der Waals surface area contributed by atoms with Gasteiger partial charge in [0.2, 0.25) is 0 Å². The number of rotatable bonds is 6. The van der Waals surface area contributed by atoms with Crippen LogP contribution in [0, 0.1) is 0 Å². The van der Waals surface area contributed by atoms with Crippen molar-refractivity contribution in [3.63, 3.8) is 0 Å². The third kappa shape index (κ3) is 4.54. The van der Waals surface area contributed by atoms with Crippen molar-refractivity contribution in [1.29, 1.82) is 0 Å². The van der Waals surface area contributed by atoms with Gasteiger partial charge in [0.25, 0.3) is 0 Å². The van der Waals surface area contributed by atoms with E-state index in [1.54, 1.807) is 0 Å². The molecule has 0 spiro atoms. The van der Waals surface area contributed by atoms with Crippen molar-refractivity contribution in [3.05, 3.63) is 34.3 Å². The van der Waals surface area contributed by atoms with Crippen LogP contribution in [0.4, 0.5) is 0 Å². The SMILES string of the molecule is CCNC(Cc1ccc(Br)cc1)C(C)(C)N1CCCCC1. The van der Waals surface area contributed by atoms with E-state index in [9.17, 15) is 0 Å². The fourth-order valence-electron chi connectivity index (χ4n) is 3.36. The Morgan fingerprint density at radius 1 is 1.14 bits per heavy atom. The first kappa shape index (κ1) is 17.0. The van der Waals surface area contributed by atoms with Gasteiger partial charge in [0.05, 0.1) is 0 Å². The van der Waals surface area contributed by atoms with Crippen LogP contribution in [0.15, 0.2) is 28.7 Å². The number of hydrogen-bond donors (Lipinski definition) is 1. The molecule has 1 aliphatic heterocycles. The first-order chi connectivity index (χ1) is 10.0. The lowest BCUT2D eigenvalue weighted by Gasteiger charge is -2.46. The van der Waals surface area contributed by atoms with Gasteiger partial charge in [-0.2, -0.15) is 0 Å². The van der Waals surface area contributed by atoms with E-state index >= 15 is 0 Å². The summed E-state index contributed by atoms with van der Waals surface area (Å²) in [6.07, 6.45) is 5.18. The maximum absolute atomic E-state index is 3.73. The van der Waals surface area contributed by atoms with Crippen molar-refractivity contribution in [3.8, 4) is 0 Å². The number of hydrogen-bond acceptors (Lipinski definition) is 2. The molecule has 0 radical (unpaired) electrons. The molecule has 0 aromatic heterocycles. The molecule has 0 amide bonds. The zero-order valence-electron chi connectivity index (χ0n) is 13.7. The Kier molecular flexibility index (Phi) is 6.27. The largest absolute Gasteiger partial charge is 0.312 e. The van der Waals surface area contributed by atoms with Crippen LogP contribution < -0.4 is 5.32 Å². The Balaban J connectivity index is 2.10. The highest BCUT2D eigenvalue weighted by atomic mass is 79.9. The number of nitrogens with zero attached hydrogens (tertiary/aromatic N) is 1. The van der Waals surface area contributed by atoms with Crippen molar-refractivity contribution >= 4 is 15.9 Å². The predicted octanol–water partition coefficient (Wildman–Crippen LogP) is 4.23. The van der Waals surface area contributed by atoms with Crippen LogP contribution in [0.2, 0.25) is 0 Å². The van der Waals surface area contributed by atoms with Crippen LogP contribution in [-0.2, 0) is 6.42 Å². The number of nitrogens with one attached hydrogen (secondary N) is 1. The van der Waals surface area contributed by atoms with Crippen molar-refractivity contribution in [2.45, 2.75) is 58.0 Å². The second-order valence-electron chi connectivity index (χ2n) is 6.64. The molecule has 1 N–H and O–H groups in total. The summed E-state index contributed by atoms with van der Waals surface area (Å²) >= 11 is 3.52. The molecule has 1 aromatic rings. The molecule has 2 nitrogen and oxygen atoms in total. The summed E-state index contributed by atoms with van der Waals surface area (Å²) in [5.41, 5.74) is 1.61. The van der Waals surface area contributed by atoms with Crippen LogP contribution in [0.25, 0.3) is 0 Å². The Morgan fingerprint density at radius 2 is 1.76 bits per heavy atom. The molecule has 1 aromatic carbocycles.